The van der Waals surface area contributed by atoms with Gasteiger partial charge in [0.2, 0.25) is 5.91 Å². The summed E-state index contributed by atoms with van der Waals surface area (Å²) in [6, 6.07) is 11.5. The summed E-state index contributed by atoms with van der Waals surface area (Å²) < 4.78 is 5.27. The summed E-state index contributed by atoms with van der Waals surface area (Å²) in [5, 5.41) is 2.72. The molecule has 0 fully saturated rings. The van der Waals surface area contributed by atoms with Crippen LogP contribution in [0.25, 0.3) is 0 Å². The molecule has 0 aliphatic carbocycles. The van der Waals surface area contributed by atoms with Crippen molar-refractivity contribution >= 4 is 29.1 Å². The van der Waals surface area contributed by atoms with Gasteiger partial charge in [-0.2, -0.15) is 0 Å². The van der Waals surface area contributed by atoms with Gasteiger partial charge in [-0.25, -0.2) is 4.90 Å². The number of nitrogens with zero attached hydrogens (tertiary/aromatic N) is 1. The third-order valence-corrected chi connectivity index (χ3v) is 3.83. The summed E-state index contributed by atoms with van der Waals surface area (Å²) >= 11 is 0. The van der Waals surface area contributed by atoms with Gasteiger partial charge in [-0.1, -0.05) is 19.1 Å². The number of anilines is 2. The number of rotatable bonds is 4. The highest BCUT2D eigenvalue weighted by molar-refractivity contribution is 6.34. The fourth-order valence-electron chi connectivity index (χ4n) is 2.58. The number of nitrogens with one attached hydrogen (secondary N) is 1. The van der Waals surface area contributed by atoms with E-state index in [1.165, 1.54) is 7.11 Å². The highest BCUT2D eigenvalue weighted by atomic mass is 16.5. The van der Waals surface area contributed by atoms with Crippen LogP contribution in [0.5, 0.6) is 5.75 Å². The lowest BCUT2D eigenvalue weighted by atomic mass is 10.1. The third kappa shape index (κ3) is 2.52. The number of ether oxygens (including phenoxy) is 1. The largest absolute Gasteiger partial charge is 0.494 e. The standard InChI is InChI=1S/C18H16N2O4/c1-3-16(21)19-14-9-8-11(10-15(14)24-2)20-17(22)12-6-4-5-7-13(12)18(20)23/h4-10H,3H2,1-2H3,(H,19,21). The van der Waals surface area contributed by atoms with Gasteiger partial charge in [0.1, 0.15) is 5.75 Å². The summed E-state index contributed by atoms with van der Waals surface area (Å²) in [7, 11) is 1.46. The Bertz CT molecular complexity index is 810. The van der Waals surface area contributed by atoms with Crippen LogP contribution in [-0.2, 0) is 4.79 Å². The highest BCUT2D eigenvalue weighted by Gasteiger charge is 2.36. The molecule has 1 aliphatic rings. The van der Waals surface area contributed by atoms with Gasteiger partial charge in [-0.15, -0.1) is 0 Å². The van der Waals surface area contributed by atoms with Crippen LogP contribution in [0.2, 0.25) is 0 Å². The van der Waals surface area contributed by atoms with Crippen molar-refractivity contribution in [3.8, 4) is 5.75 Å². The van der Waals surface area contributed by atoms with Gasteiger partial charge in [0.05, 0.1) is 29.6 Å². The molecule has 0 aromatic heterocycles. The maximum atomic E-state index is 12.5. The fraction of sp³-hybridized carbons (Fsp3) is 0.167. The number of methoxy groups -OCH3 is 1. The first kappa shape index (κ1) is 15.7. The molecule has 6 heteroatoms. The molecule has 0 bridgehead atoms. The van der Waals surface area contributed by atoms with Crippen molar-refractivity contribution in [2.75, 3.05) is 17.3 Å². The summed E-state index contributed by atoms with van der Waals surface area (Å²) in [5.74, 6) is -0.515. The first-order valence-corrected chi connectivity index (χ1v) is 7.52. The van der Waals surface area contributed by atoms with Gasteiger partial charge in [0.25, 0.3) is 11.8 Å². The summed E-state index contributed by atoms with van der Waals surface area (Å²) in [6.07, 6.45) is 0.337. The molecule has 3 rings (SSSR count). The lowest BCUT2D eigenvalue weighted by molar-refractivity contribution is -0.115. The lowest BCUT2D eigenvalue weighted by Gasteiger charge is -2.17. The van der Waals surface area contributed by atoms with Gasteiger partial charge in [0.15, 0.2) is 0 Å². The number of fused-ring (bicyclic) bond motifs is 1. The molecule has 0 radical (unpaired) electrons. The molecule has 2 aromatic carbocycles. The van der Waals surface area contributed by atoms with Crippen LogP contribution in [0.4, 0.5) is 11.4 Å². The zero-order valence-electron chi connectivity index (χ0n) is 13.3. The number of hydrogen-bond acceptors (Lipinski definition) is 4. The average Bonchev–Trinajstić information content (AvgIpc) is 2.86. The monoisotopic (exact) mass is 324 g/mol. The minimum absolute atomic E-state index is 0.151. The molecule has 122 valence electrons. The van der Waals surface area contributed by atoms with Gasteiger partial charge < -0.3 is 10.1 Å². The number of carbonyl (C=O) groups excluding carboxylic acids is 3. The molecule has 1 aliphatic heterocycles. The van der Waals surface area contributed by atoms with Gasteiger partial charge >= 0.3 is 0 Å². The van der Waals surface area contributed by atoms with E-state index >= 15 is 0 Å². The van der Waals surface area contributed by atoms with Gasteiger partial charge in [-0.05, 0) is 24.3 Å². The van der Waals surface area contributed by atoms with Crippen LogP contribution >= 0.6 is 0 Å². The van der Waals surface area contributed by atoms with Gasteiger partial charge in [0, 0.05) is 12.5 Å². The Kier molecular flexibility index (Phi) is 4.04. The highest BCUT2D eigenvalue weighted by Crippen LogP contribution is 2.34. The Morgan fingerprint density at radius 3 is 2.25 bits per heavy atom. The van der Waals surface area contributed by atoms with E-state index in [9.17, 15) is 14.4 Å². The first-order chi connectivity index (χ1) is 11.6. The van der Waals surface area contributed by atoms with E-state index < -0.39 is 0 Å². The Morgan fingerprint density at radius 1 is 1.08 bits per heavy atom. The van der Waals surface area contributed by atoms with Crippen molar-refractivity contribution in [3.05, 3.63) is 53.6 Å². The Labute approximate surface area is 139 Å². The SMILES string of the molecule is CCC(=O)Nc1ccc(N2C(=O)c3ccccc3C2=O)cc1OC. The number of hydrogen-bond donors (Lipinski definition) is 1. The predicted molar refractivity (Wildman–Crippen MR) is 89.5 cm³/mol. The van der Waals surface area contributed by atoms with Crippen LogP contribution in [0.15, 0.2) is 42.5 Å². The topological polar surface area (TPSA) is 75.7 Å². The minimum Gasteiger partial charge on any atom is -0.494 e. The molecule has 2 aromatic rings. The second-order valence-electron chi connectivity index (χ2n) is 5.28. The maximum Gasteiger partial charge on any atom is 0.266 e. The number of benzene rings is 2. The average molecular weight is 324 g/mol. The minimum atomic E-state index is -0.372. The number of imide groups is 1. The summed E-state index contributed by atoms with van der Waals surface area (Å²) in [6.45, 7) is 1.75. The zero-order valence-corrected chi connectivity index (χ0v) is 13.3. The second kappa shape index (κ2) is 6.16. The first-order valence-electron chi connectivity index (χ1n) is 7.52. The molecule has 0 unspecified atom stereocenters. The molecular formula is C18H16N2O4. The molecule has 3 amide bonds. The van der Waals surface area contributed by atoms with E-state index in [1.807, 2.05) is 0 Å². The van der Waals surface area contributed by atoms with E-state index in [1.54, 1.807) is 49.4 Å². The van der Waals surface area contributed by atoms with Crippen LogP contribution in [-0.4, -0.2) is 24.8 Å². The fourth-order valence-corrected chi connectivity index (χ4v) is 2.58. The van der Waals surface area contributed by atoms with Crippen LogP contribution in [0.1, 0.15) is 34.1 Å². The predicted octanol–water partition coefficient (Wildman–Crippen LogP) is 2.84. The quantitative estimate of drug-likeness (QED) is 0.878. The van der Waals surface area contributed by atoms with Crippen molar-refractivity contribution < 1.29 is 19.1 Å². The normalized spacial score (nSPS) is 13.0. The van der Waals surface area contributed by atoms with E-state index in [2.05, 4.69) is 5.32 Å². The number of amides is 3. The van der Waals surface area contributed by atoms with Crippen molar-refractivity contribution in [2.45, 2.75) is 13.3 Å². The number of carbonyl (C=O) groups is 3. The summed E-state index contributed by atoms with van der Waals surface area (Å²) in [4.78, 5) is 37.7. The van der Waals surface area contributed by atoms with E-state index in [-0.39, 0.29) is 17.7 Å². The van der Waals surface area contributed by atoms with Crippen LogP contribution in [0, 0.1) is 0 Å². The Morgan fingerprint density at radius 2 is 1.71 bits per heavy atom. The molecule has 0 saturated heterocycles. The smallest absolute Gasteiger partial charge is 0.266 e. The van der Waals surface area contributed by atoms with Crippen molar-refractivity contribution in [1.82, 2.24) is 0 Å². The molecule has 1 heterocycles. The maximum absolute atomic E-state index is 12.5. The van der Waals surface area contributed by atoms with E-state index in [0.717, 1.165) is 4.90 Å². The molecular weight excluding hydrogens is 308 g/mol. The molecule has 0 saturated carbocycles. The molecule has 24 heavy (non-hydrogen) atoms. The Hall–Kier alpha value is -3.15. The molecule has 6 nitrogen and oxygen atoms in total. The molecule has 0 atom stereocenters. The van der Waals surface area contributed by atoms with E-state index in [4.69, 9.17) is 4.74 Å². The van der Waals surface area contributed by atoms with Gasteiger partial charge in [-0.3, -0.25) is 14.4 Å². The molecule has 1 N–H and O–H groups in total. The third-order valence-electron chi connectivity index (χ3n) is 3.83. The lowest BCUT2D eigenvalue weighted by Crippen LogP contribution is -2.29. The zero-order chi connectivity index (χ0) is 17.3. The molecule has 0 spiro atoms. The van der Waals surface area contributed by atoms with Crippen molar-refractivity contribution in [1.29, 1.82) is 0 Å². The van der Waals surface area contributed by atoms with Crippen molar-refractivity contribution in [2.24, 2.45) is 0 Å². The summed E-state index contributed by atoms with van der Waals surface area (Å²) in [5.41, 5.74) is 1.65. The van der Waals surface area contributed by atoms with Crippen LogP contribution < -0.4 is 15.0 Å². The second-order valence-corrected chi connectivity index (χ2v) is 5.28. The van der Waals surface area contributed by atoms with Crippen molar-refractivity contribution in [3.63, 3.8) is 0 Å². The van der Waals surface area contributed by atoms with E-state index in [0.29, 0.717) is 34.7 Å². The Balaban J connectivity index is 1.98. The van der Waals surface area contributed by atoms with Crippen LogP contribution in [0.3, 0.4) is 0 Å².